The second-order valence-electron chi connectivity index (χ2n) is 4.69. The van der Waals surface area contributed by atoms with E-state index in [9.17, 15) is 0 Å². The second-order valence-corrected chi connectivity index (χ2v) is 4.69. The maximum absolute atomic E-state index is 9.10. The molecular weight excluding hydrogens is 278 g/mol. The molecule has 3 N–H and O–H groups in total. The SMILES string of the molecule is CC1(COc2ccccc2)CNCCO1.O=C(O)C(=O)O. The summed E-state index contributed by atoms with van der Waals surface area (Å²) in [6, 6.07) is 9.84. The standard InChI is InChI=1S/C12H17NO2.C2H2O4/c1-12(9-13-7-8-15-12)10-14-11-5-3-2-4-6-11;3-1(4)2(5)6/h2-6,13H,7-10H2,1H3;(H,3,4)(H,5,6). The zero-order valence-electron chi connectivity index (χ0n) is 11.7. The molecule has 1 heterocycles. The molecule has 0 aliphatic carbocycles. The zero-order chi connectivity index (χ0) is 15.7. The number of carboxylic acid groups (broad SMARTS) is 2. The molecule has 1 aliphatic heterocycles. The first-order chi connectivity index (χ1) is 9.93. The molecule has 0 aromatic heterocycles. The van der Waals surface area contributed by atoms with E-state index in [-0.39, 0.29) is 5.60 Å². The largest absolute Gasteiger partial charge is 0.491 e. The fraction of sp³-hybridized carbons (Fsp3) is 0.429. The number of aliphatic carboxylic acids is 2. The van der Waals surface area contributed by atoms with E-state index >= 15 is 0 Å². The minimum Gasteiger partial charge on any atom is -0.491 e. The van der Waals surface area contributed by atoms with E-state index in [2.05, 4.69) is 12.2 Å². The zero-order valence-corrected chi connectivity index (χ0v) is 11.7. The van der Waals surface area contributed by atoms with Gasteiger partial charge in [-0.25, -0.2) is 9.59 Å². The molecule has 116 valence electrons. The van der Waals surface area contributed by atoms with Crippen molar-refractivity contribution < 1.29 is 29.3 Å². The van der Waals surface area contributed by atoms with Crippen molar-refractivity contribution in [2.24, 2.45) is 0 Å². The molecule has 1 aliphatic rings. The van der Waals surface area contributed by atoms with Crippen LogP contribution in [-0.4, -0.2) is 54.1 Å². The van der Waals surface area contributed by atoms with Crippen molar-refractivity contribution in [3.05, 3.63) is 30.3 Å². The van der Waals surface area contributed by atoms with Crippen molar-refractivity contribution >= 4 is 11.9 Å². The summed E-state index contributed by atoms with van der Waals surface area (Å²) in [5.74, 6) is -2.75. The van der Waals surface area contributed by atoms with Crippen LogP contribution >= 0.6 is 0 Å². The highest BCUT2D eigenvalue weighted by Gasteiger charge is 2.28. The van der Waals surface area contributed by atoms with Crippen molar-refractivity contribution in [3.8, 4) is 5.75 Å². The fourth-order valence-electron chi connectivity index (χ4n) is 1.62. The number of morpholine rings is 1. The number of para-hydroxylation sites is 1. The van der Waals surface area contributed by atoms with E-state index in [1.165, 1.54) is 0 Å². The lowest BCUT2D eigenvalue weighted by molar-refractivity contribution is -0.159. The maximum Gasteiger partial charge on any atom is 0.414 e. The Morgan fingerprint density at radius 1 is 1.29 bits per heavy atom. The molecule has 7 nitrogen and oxygen atoms in total. The van der Waals surface area contributed by atoms with Gasteiger partial charge in [-0.1, -0.05) is 18.2 Å². The monoisotopic (exact) mass is 297 g/mol. The summed E-state index contributed by atoms with van der Waals surface area (Å²) in [5, 5.41) is 18.1. The molecule has 2 rings (SSSR count). The summed E-state index contributed by atoms with van der Waals surface area (Å²) < 4.78 is 11.4. The molecule has 1 atom stereocenters. The van der Waals surface area contributed by atoms with Gasteiger partial charge in [-0.3, -0.25) is 0 Å². The lowest BCUT2D eigenvalue weighted by atomic mass is 10.1. The number of ether oxygens (including phenoxy) is 2. The van der Waals surface area contributed by atoms with Gasteiger partial charge in [0.15, 0.2) is 0 Å². The van der Waals surface area contributed by atoms with Gasteiger partial charge in [0.05, 0.1) is 6.61 Å². The molecule has 0 saturated carbocycles. The molecule has 0 spiro atoms. The van der Waals surface area contributed by atoms with Gasteiger partial charge in [0.1, 0.15) is 18.0 Å². The third-order valence-electron chi connectivity index (χ3n) is 2.70. The van der Waals surface area contributed by atoms with Gasteiger partial charge < -0.3 is 25.0 Å². The molecule has 1 aromatic rings. The van der Waals surface area contributed by atoms with Crippen LogP contribution in [-0.2, 0) is 14.3 Å². The van der Waals surface area contributed by atoms with Gasteiger partial charge in [-0.15, -0.1) is 0 Å². The summed E-state index contributed by atoms with van der Waals surface area (Å²) in [6.45, 7) is 5.20. The lowest BCUT2D eigenvalue weighted by Crippen LogP contribution is -2.51. The first-order valence-corrected chi connectivity index (χ1v) is 6.42. The van der Waals surface area contributed by atoms with Crippen LogP contribution < -0.4 is 10.1 Å². The van der Waals surface area contributed by atoms with E-state index in [1.54, 1.807) is 0 Å². The Kier molecular flexibility index (Phi) is 6.64. The average molecular weight is 297 g/mol. The Hall–Kier alpha value is -2.12. The minimum atomic E-state index is -1.82. The van der Waals surface area contributed by atoms with E-state index in [0.29, 0.717) is 6.61 Å². The molecule has 1 unspecified atom stereocenters. The maximum atomic E-state index is 9.10. The number of benzene rings is 1. The van der Waals surface area contributed by atoms with Crippen LogP contribution in [0.4, 0.5) is 0 Å². The third kappa shape index (κ3) is 6.73. The summed E-state index contributed by atoms with van der Waals surface area (Å²) in [7, 11) is 0. The van der Waals surface area contributed by atoms with E-state index < -0.39 is 11.9 Å². The Morgan fingerprint density at radius 3 is 2.38 bits per heavy atom. The predicted octanol–water partition coefficient (Wildman–Crippen LogP) is 0.600. The molecule has 21 heavy (non-hydrogen) atoms. The molecule has 1 fully saturated rings. The average Bonchev–Trinajstić information content (AvgIpc) is 2.48. The van der Waals surface area contributed by atoms with Crippen LogP contribution in [0.2, 0.25) is 0 Å². The predicted molar refractivity (Wildman–Crippen MR) is 74.4 cm³/mol. The Labute approximate surface area is 122 Å². The lowest BCUT2D eigenvalue weighted by Gasteiger charge is -2.34. The Bertz CT molecular complexity index is 444. The Morgan fingerprint density at radius 2 is 1.90 bits per heavy atom. The molecule has 7 heteroatoms. The van der Waals surface area contributed by atoms with E-state index in [4.69, 9.17) is 29.3 Å². The number of nitrogens with one attached hydrogen (secondary N) is 1. The van der Waals surface area contributed by atoms with Crippen LogP contribution in [0.1, 0.15) is 6.92 Å². The van der Waals surface area contributed by atoms with Gasteiger partial charge in [-0.2, -0.15) is 0 Å². The van der Waals surface area contributed by atoms with Crippen molar-refractivity contribution in [1.29, 1.82) is 0 Å². The molecule has 1 aromatic carbocycles. The summed E-state index contributed by atoms with van der Waals surface area (Å²) in [5.41, 5.74) is -0.200. The summed E-state index contributed by atoms with van der Waals surface area (Å²) in [4.78, 5) is 18.2. The van der Waals surface area contributed by atoms with Crippen molar-refractivity contribution in [1.82, 2.24) is 5.32 Å². The molecule has 0 bridgehead atoms. The normalized spacial score (nSPS) is 20.8. The molecule has 0 radical (unpaired) electrons. The summed E-state index contributed by atoms with van der Waals surface area (Å²) in [6.07, 6.45) is 0. The van der Waals surface area contributed by atoms with Gasteiger partial charge in [0.25, 0.3) is 0 Å². The second kappa shape index (κ2) is 8.23. The molecule has 1 saturated heterocycles. The highest BCUT2D eigenvalue weighted by atomic mass is 16.5. The van der Waals surface area contributed by atoms with Gasteiger partial charge >= 0.3 is 11.9 Å². The molecular formula is C14H19NO6. The van der Waals surface area contributed by atoms with Crippen molar-refractivity contribution in [3.63, 3.8) is 0 Å². The highest BCUT2D eigenvalue weighted by Crippen LogP contribution is 2.16. The third-order valence-corrected chi connectivity index (χ3v) is 2.70. The van der Waals surface area contributed by atoms with Crippen LogP contribution in [0.5, 0.6) is 5.75 Å². The topological polar surface area (TPSA) is 105 Å². The van der Waals surface area contributed by atoms with Crippen LogP contribution in [0.25, 0.3) is 0 Å². The van der Waals surface area contributed by atoms with Gasteiger partial charge in [0, 0.05) is 13.1 Å². The van der Waals surface area contributed by atoms with Crippen molar-refractivity contribution in [2.45, 2.75) is 12.5 Å². The first-order valence-electron chi connectivity index (χ1n) is 6.42. The Balaban J connectivity index is 0.000000315. The first kappa shape index (κ1) is 16.9. The van der Waals surface area contributed by atoms with Crippen LogP contribution in [0, 0.1) is 0 Å². The number of hydrogen-bond donors (Lipinski definition) is 3. The molecule has 0 amide bonds. The number of hydrogen-bond acceptors (Lipinski definition) is 5. The number of carbonyl (C=O) groups is 2. The van der Waals surface area contributed by atoms with E-state index in [1.807, 2.05) is 30.3 Å². The number of rotatable bonds is 3. The van der Waals surface area contributed by atoms with Crippen LogP contribution in [0.15, 0.2) is 30.3 Å². The number of carboxylic acids is 2. The summed E-state index contributed by atoms with van der Waals surface area (Å²) >= 11 is 0. The highest BCUT2D eigenvalue weighted by molar-refractivity contribution is 6.27. The van der Waals surface area contributed by atoms with E-state index in [0.717, 1.165) is 25.4 Å². The van der Waals surface area contributed by atoms with Gasteiger partial charge in [-0.05, 0) is 19.1 Å². The smallest absolute Gasteiger partial charge is 0.414 e. The van der Waals surface area contributed by atoms with Crippen LogP contribution in [0.3, 0.4) is 0 Å². The quantitative estimate of drug-likeness (QED) is 0.702. The van der Waals surface area contributed by atoms with Gasteiger partial charge in [0.2, 0.25) is 0 Å². The fourth-order valence-corrected chi connectivity index (χ4v) is 1.62. The minimum absolute atomic E-state index is 0.200. The van der Waals surface area contributed by atoms with Crippen molar-refractivity contribution in [2.75, 3.05) is 26.3 Å².